The average Bonchev–Trinajstić information content (AvgIpc) is 3.00. The quantitative estimate of drug-likeness (QED) is 0.655. The molecule has 0 spiro atoms. The molecule has 110 valence electrons. The van der Waals surface area contributed by atoms with Gasteiger partial charge in [-0.3, -0.25) is 4.79 Å². The summed E-state index contributed by atoms with van der Waals surface area (Å²) in [5, 5.41) is 0. The lowest BCUT2D eigenvalue weighted by molar-refractivity contribution is 0.0463. The molecule has 0 bridgehead atoms. The monoisotopic (exact) mass is 287 g/mol. The normalized spacial score (nSPS) is 10.2. The van der Waals surface area contributed by atoms with Crippen molar-refractivity contribution >= 4 is 11.8 Å². The van der Waals surface area contributed by atoms with Crippen LogP contribution in [-0.4, -0.2) is 23.3 Å². The van der Waals surface area contributed by atoms with E-state index in [9.17, 15) is 9.59 Å². The maximum absolute atomic E-state index is 11.8. The summed E-state index contributed by atoms with van der Waals surface area (Å²) in [6.07, 6.45) is 1.65. The van der Waals surface area contributed by atoms with Crippen LogP contribution < -0.4 is 4.74 Å². The van der Waals surface area contributed by atoms with Crippen molar-refractivity contribution in [3.8, 4) is 5.75 Å². The summed E-state index contributed by atoms with van der Waals surface area (Å²) in [6, 6.07) is 8.47. The fourth-order valence-electron chi connectivity index (χ4n) is 1.89. The Morgan fingerprint density at radius 2 is 2.05 bits per heavy atom. The lowest BCUT2D eigenvalue weighted by Gasteiger charge is -2.11. The van der Waals surface area contributed by atoms with Crippen LogP contribution in [0.4, 0.5) is 0 Å². The molecule has 0 saturated heterocycles. The maximum Gasteiger partial charge on any atom is 0.355 e. The van der Waals surface area contributed by atoms with Crippen molar-refractivity contribution < 1.29 is 19.1 Å². The summed E-state index contributed by atoms with van der Waals surface area (Å²) < 4.78 is 10.7. The molecule has 1 N–H and O–H groups in total. The summed E-state index contributed by atoms with van der Waals surface area (Å²) in [5.41, 5.74) is 1.62. The van der Waals surface area contributed by atoms with E-state index in [1.54, 1.807) is 36.5 Å². The molecular weight excluding hydrogens is 270 g/mol. The highest BCUT2D eigenvalue weighted by Gasteiger charge is 2.12. The van der Waals surface area contributed by atoms with Gasteiger partial charge in [0.2, 0.25) is 0 Å². The molecule has 0 aliphatic carbocycles. The number of carbonyl (C=O) groups excluding carboxylic acids is 2. The Hall–Kier alpha value is -2.56. The van der Waals surface area contributed by atoms with Crippen LogP contribution in [0.5, 0.6) is 5.75 Å². The molecule has 0 amide bonds. The number of ketones is 1. The molecule has 0 saturated carbocycles. The van der Waals surface area contributed by atoms with Crippen LogP contribution in [0, 0.1) is 0 Å². The topological polar surface area (TPSA) is 68.4 Å². The van der Waals surface area contributed by atoms with E-state index in [2.05, 4.69) is 4.98 Å². The third-order valence-corrected chi connectivity index (χ3v) is 2.94. The van der Waals surface area contributed by atoms with E-state index in [4.69, 9.17) is 9.47 Å². The number of aromatic amines is 1. The summed E-state index contributed by atoms with van der Waals surface area (Å²) in [4.78, 5) is 26.0. The minimum Gasteiger partial charge on any atom is -0.493 e. The molecule has 2 aromatic rings. The molecule has 5 heteroatoms. The van der Waals surface area contributed by atoms with Gasteiger partial charge in [-0.15, -0.1) is 0 Å². The van der Waals surface area contributed by atoms with E-state index >= 15 is 0 Å². The smallest absolute Gasteiger partial charge is 0.355 e. The van der Waals surface area contributed by atoms with Gasteiger partial charge >= 0.3 is 5.97 Å². The second-order valence-corrected chi connectivity index (χ2v) is 4.47. The van der Waals surface area contributed by atoms with E-state index in [-0.39, 0.29) is 12.4 Å². The standard InChI is InChI=1S/C16H17NO4/c1-3-20-15-7-6-12(11(2)18)9-13(15)10-21-16(19)14-5-4-8-17-14/h4-9,17H,3,10H2,1-2H3. The van der Waals surface area contributed by atoms with Gasteiger partial charge in [-0.25, -0.2) is 4.79 Å². The SMILES string of the molecule is CCOc1ccc(C(C)=O)cc1COC(=O)c1ccc[nH]1. The number of ether oxygens (including phenoxy) is 2. The first kappa shape index (κ1) is 14.8. The van der Waals surface area contributed by atoms with Gasteiger partial charge in [0, 0.05) is 17.3 Å². The Labute approximate surface area is 122 Å². The van der Waals surface area contributed by atoms with Crippen molar-refractivity contribution in [2.75, 3.05) is 6.61 Å². The average molecular weight is 287 g/mol. The number of H-pyrrole nitrogens is 1. The molecule has 1 aromatic carbocycles. The molecule has 1 heterocycles. The first-order chi connectivity index (χ1) is 10.1. The molecule has 5 nitrogen and oxygen atoms in total. The van der Waals surface area contributed by atoms with Crippen molar-refractivity contribution in [1.29, 1.82) is 0 Å². The van der Waals surface area contributed by atoms with E-state index in [1.807, 2.05) is 6.92 Å². The molecule has 0 aliphatic rings. The fraction of sp³-hybridized carbons (Fsp3) is 0.250. The van der Waals surface area contributed by atoms with E-state index in [1.165, 1.54) is 6.92 Å². The van der Waals surface area contributed by atoms with Crippen LogP contribution in [0.2, 0.25) is 0 Å². The van der Waals surface area contributed by atoms with Crippen LogP contribution in [0.25, 0.3) is 0 Å². The number of hydrogen-bond donors (Lipinski definition) is 1. The van der Waals surface area contributed by atoms with Crippen molar-refractivity contribution in [1.82, 2.24) is 4.98 Å². The van der Waals surface area contributed by atoms with Crippen LogP contribution in [0.15, 0.2) is 36.5 Å². The fourth-order valence-corrected chi connectivity index (χ4v) is 1.89. The summed E-state index contributed by atoms with van der Waals surface area (Å²) in [6.45, 7) is 3.91. The van der Waals surface area contributed by atoms with Crippen LogP contribution in [0.3, 0.4) is 0 Å². The van der Waals surface area contributed by atoms with Crippen LogP contribution >= 0.6 is 0 Å². The number of nitrogens with one attached hydrogen (secondary N) is 1. The third-order valence-electron chi connectivity index (χ3n) is 2.94. The largest absolute Gasteiger partial charge is 0.493 e. The highest BCUT2D eigenvalue weighted by Crippen LogP contribution is 2.22. The van der Waals surface area contributed by atoms with Gasteiger partial charge in [0.15, 0.2) is 5.78 Å². The van der Waals surface area contributed by atoms with Gasteiger partial charge in [0.05, 0.1) is 6.61 Å². The zero-order valence-corrected chi connectivity index (χ0v) is 12.0. The van der Waals surface area contributed by atoms with Gasteiger partial charge in [-0.2, -0.15) is 0 Å². The van der Waals surface area contributed by atoms with Gasteiger partial charge in [-0.05, 0) is 44.2 Å². The zero-order chi connectivity index (χ0) is 15.2. The minimum absolute atomic E-state index is 0.0463. The predicted octanol–water partition coefficient (Wildman–Crippen LogP) is 2.97. The number of hydrogen-bond acceptors (Lipinski definition) is 4. The summed E-state index contributed by atoms with van der Waals surface area (Å²) in [7, 11) is 0. The van der Waals surface area contributed by atoms with Gasteiger partial charge in [-0.1, -0.05) is 0 Å². The number of rotatable bonds is 6. The molecule has 0 unspecified atom stereocenters. The molecule has 0 aliphatic heterocycles. The number of Topliss-reactive ketones (excluding diaryl/α,β-unsaturated/α-hetero) is 1. The molecule has 0 radical (unpaired) electrons. The molecule has 0 atom stereocenters. The number of esters is 1. The lowest BCUT2D eigenvalue weighted by atomic mass is 10.1. The first-order valence-corrected chi connectivity index (χ1v) is 6.69. The minimum atomic E-state index is -0.448. The second-order valence-electron chi connectivity index (χ2n) is 4.47. The van der Waals surface area contributed by atoms with Crippen molar-refractivity contribution in [2.45, 2.75) is 20.5 Å². The molecule has 2 rings (SSSR count). The highest BCUT2D eigenvalue weighted by molar-refractivity contribution is 5.94. The number of benzene rings is 1. The number of carbonyl (C=O) groups is 2. The van der Waals surface area contributed by atoms with Gasteiger partial charge in [0.1, 0.15) is 18.1 Å². The van der Waals surface area contributed by atoms with Gasteiger partial charge in [0.25, 0.3) is 0 Å². The molecule has 21 heavy (non-hydrogen) atoms. The Bertz CT molecular complexity index is 632. The van der Waals surface area contributed by atoms with Crippen molar-refractivity contribution in [2.24, 2.45) is 0 Å². The Kier molecular flexibility index (Phi) is 4.77. The van der Waals surface area contributed by atoms with E-state index < -0.39 is 5.97 Å². The Morgan fingerprint density at radius 1 is 1.24 bits per heavy atom. The first-order valence-electron chi connectivity index (χ1n) is 6.69. The molecule has 1 aromatic heterocycles. The van der Waals surface area contributed by atoms with Crippen LogP contribution in [-0.2, 0) is 11.3 Å². The predicted molar refractivity (Wildman–Crippen MR) is 77.5 cm³/mol. The van der Waals surface area contributed by atoms with E-state index in [0.29, 0.717) is 29.2 Å². The third kappa shape index (κ3) is 3.72. The van der Waals surface area contributed by atoms with Gasteiger partial charge < -0.3 is 14.5 Å². The zero-order valence-electron chi connectivity index (χ0n) is 12.0. The summed E-state index contributed by atoms with van der Waals surface area (Å²) >= 11 is 0. The Morgan fingerprint density at radius 3 is 2.67 bits per heavy atom. The highest BCUT2D eigenvalue weighted by atomic mass is 16.5. The lowest BCUT2D eigenvalue weighted by Crippen LogP contribution is -2.07. The maximum atomic E-state index is 11.8. The molecular formula is C16H17NO4. The summed E-state index contributed by atoms with van der Waals surface area (Å²) in [5.74, 6) is 0.118. The van der Waals surface area contributed by atoms with E-state index in [0.717, 1.165) is 0 Å². The molecule has 0 fully saturated rings. The Balaban J connectivity index is 2.14. The van der Waals surface area contributed by atoms with Crippen molar-refractivity contribution in [3.63, 3.8) is 0 Å². The van der Waals surface area contributed by atoms with Crippen LogP contribution in [0.1, 0.15) is 40.3 Å². The number of aromatic nitrogens is 1. The van der Waals surface area contributed by atoms with Crippen molar-refractivity contribution in [3.05, 3.63) is 53.3 Å². The second kappa shape index (κ2) is 6.74.